The maximum atomic E-state index is 12.4. The van der Waals surface area contributed by atoms with Gasteiger partial charge in [0.2, 0.25) is 11.8 Å². The predicted molar refractivity (Wildman–Crippen MR) is 103 cm³/mol. The third-order valence-corrected chi connectivity index (χ3v) is 4.80. The van der Waals surface area contributed by atoms with Crippen LogP contribution in [0.2, 0.25) is 0 Å². The molecule has 11 heteroatoms. The number of piperidine rings is 1. The number of hydrogen-bond donors (Lipinski definition) is 2. The standard InChI is InChI=1S/C20H23F3N4O4/c21-20(22,23)13-31-17-10-14(3-6-24-17)11-26-19(29)27-7-4-15(5-8-27)18(28)25-12-16-2-1-9-30-16/h1-3,6,9-10,15H,4-5,7-8,11-13H2,(H,25,28)(H,26,29). The molecule has 0 saturated carbocycles. The molecule has 3 rings (SSSR count). The van der Waals surface area contributed by atoms with Crippen molar-refractivity contribution >= 4 is 11.9 Å². The molecule has 3 heterocycles. The number of aromatic nitrogens is 1. The van der Waals surface area contributed by atoms with Gasteiger partial charge in [-0.3, -0.25) is 4.79 Å². The molecule has 1 fully saturated rings. The van der Waals surface area contributed by atoms with Crippen LogP contribution < -0.4 is 15.4 Å². The van der Waals surface area contributed by atoms with Crippen LogP contribution in [0, 0.1) is 5.92 Å². The number of hydrogen-bond acceptors (Lipinski definition) is 5. The number of amides is 3. The highest BCUT2D eigenvalue weighted by Gasteiger charge is 2.29. The molecule has 168 valence electrons. The minimum atomic E-state index is -4.45. The molecule has 0 atom stereocenters. The van der Waals surface area contributed by atoms with Crippen LogP contribution in [0.1, 0.15) is 24.2 Å². The van der Waals surface area contributed by atoms with Crippen molar-refractivity contribution in [3.8, 4) is 5.88 Å². The summed E-state index contributed by atoms with van der Waals surface area (Å²) in [5, 5.41) is 5.55. The molecule has 2 aromatic heterocycles. The lowest BCUT2D eigenvalue weighted by atomic mass is 9.96. The number of likely N-dealkylation sites (tertiary alicyclic amines) is 1. The van der Waals surface area contributed by atoms with Gasteiger partial charge < -0.3 is 24.7 Å². The van der Waals surface area contributed by atoms with Crippen LogP contribution in [0.25, 0.3) is 0 Å². The van der Waals surface area contributed by atoms with E-state index in [1.54, 1.807) is 29.4 Å². The highest BCUT2D eigenvalue weighted by Crippen LogP contribution is 2.19. The van der Waals surface area contributed by atoms with E-state index in [1.807, 2.05) is 0 Å². The fourth-order valence-electron chi connectivity index (χ4n) is 3.16. The SMILES string of the molecule is O=C(NCc1ccco1)C1CCN(C(=O)NCc2ccnc(OCC(F)(F)F)c2)CC1. The fraction of sp³-hybridized carbons (Fsp3) is 0.450. The molecular formula is C20H23F3N4O4. The minimum absolute atomic E-state index is 0.0698. The second-order valence-corrected chi connectivity index (χ2v) is 7.12. The number of furan rings is 1. The summed E-state index contributed by atoms with van der Waals surface area (Å²) in [5.41, 5.74) is 0.563. The van der Waals surface area contributed by atoms with Crippen molar-refractivity contribution in [3.05, 3.63) is 48.0 Å². The zero-order valence-corrected chi connectivity index (χ0v) is 16.7. The number of pyridine rings is 1. The zero-order chi connectivity index (χ0) is 22.3. The summed E-state index contributed by atoms with van der Waals surface area (Å²) < 4.78 is 46.5. The number of rotatable bonds is 7. The first-order valence-corrected chi connectivity index (χ1v) is 9.77. The van der Waals surface area contributed by atoms with Crippen molar-refractivity contribution in [3.63, 3.8) is 0 Å². The molecule has 2 N–H and O–H groups in total. The average Bonchev–Trinajstić information content (AvgIpc) is 3.28. The summed E-state index contributed by atoms with van der Waals surface area (Å²) in [6, 6.07) is 6.16. The normalized spacial score (nSPS) is 14.9. The molecule has 0 bridgehead atoms. The summed E-state index contributed by atoms with van der Waals surface area (Å²) in [5.74, 6) is 0.269. The lowest BCUT2D eigenvalue weighted by molar-refractivity contribution is -0.154. The first-order chi connectivity index (χ1) is 14.8. The molecular weight excluding hydrogens is 417 g/mol. The Balaban J connectivity index is 1.39. The number of carbonyl (C=O) groups excluding carboxylic acids is 2. The van der Waals surface area contributed by atoms with E-state index in [0.717, 1.165) is 0 Å². The Bertz CT molecular complexity index is 866. The number of nitrogens with zero attached hydrogens (tertiary/aromatic N) is 2. The molecule has 0 aliphatic carbocycles. The van der Waals surface area contributed by atoms with E-state index in [9.17, 15) is 22.8 Å². The van der Waals surface area contributed by atoms with E-state index in [-0.39, 0.29) is 30.3 Å². The van der Waals surface area contributed by atoms with Crippen LogP contribution in [0.15, 0.2) is 41.1 Å². The van der Waals surface area contributed by atoms with Gasteiger partial charge in [-0.1, -0.05) is 0 Å². The van der Waals surface area contributed by atoms with Gasteiger partial charge in [0.1, 0.15) is 5.76 Å². The quantitative estimate of drug-likeness (QED) is 0.690. The van der Waals surface area contributed by atoms with Gasteiger partial charge in [0.15, 0.2) is 6.61 Å². The Kier molecular flexibility index (Phi) is 7.37. The third kappa shape index (κ3) is 7.19. The topological polar surface area (TPSA) is 96.7 Å². The smallest absolute Gasteiger partial charge is 0.422 e. The Morgan fingerprint density at radius 2 is 1.97 bits per heavy atom. The number of nitrogens with one attached hydrogen (secondary N) is 2. The van der Waals surface area contributed by atoms with E-state index in [1.165, 1.54) is 12.3 Å². The van der Waals surface area contributed by atoms with Gasteiger partial charge >= 0.3 is 12.2 Å². The summed E-state index contributed by atoms with van der Waals surface area (Å²) in [4.78, 5) is 30.0. The summed E-state index contributed by atoms with van der Waals surface area (Å²) in [7, 11) is 0. The Morgan fingerprint density at radius 1 is 1.19 bits per heavy atom. The summed E-state index contributed by atoms with van der Waals surface area (Å²) >= 11 is 0. The second kappa shape index (κ2) is 10.2. The summed E-state index contributed by atoms with van der Waals surface area (Å²) in [6.07, 6.45) is -0.501. The third-order valence-electron chi connectivity index (χ3n) is 4.80. The van der Waals surface area contributed by atoms with Gasteiger partial charge in [0.25, 0.3) is 0 Å². The number of halogens is 3. The molecule has 1 aliphatic rings. The van der Waals surface area contributed by atoms with Crippen LogP contribution >= 0.6 is 0 Å². The van der Waals surface area contributed by atoms with Crippen molar-refractivity contribution in [2.45, 2.75) is 32.1 Å². The molecule has 31 heavy (non-hydrogen) atoms. The van der Waals surface area contributed by atoms with Crippen LogP contribution in [0.5, 0.6) is 5.88 Å². The average molecular weight is 440 g/mol. The molecule has 1 saturated heterocycles. The zero-order valence-electron chi connectivity index (χ0n) is 16.7. The van der Waals surface area contributed by atoms with Crippen molar-refractivity contribution in [2.24, 2.45) is 5.92 Å². The van der Waals surface area contributed by atoms with Crippen LogP contribution in [0.3, 0.4) is 0 Å². The maximum absolute atomic E-state index is 12.4. The number of alkyl halides is 3. The molecule has 1 aliphatic heterocycles. The molecule has 0 radical (unpaired) electrons. The van der Waals surface area contributed by atoms with Crippen molar-refractivity contribution in [1.82, 2.24) is 20.5 Å². The molecule has 0 spiro atoms. The highest BCUT2D eigenvalue weighted by molar-refractivity contribution is 5.79. The molecule has 8 nitrogen and oxygen atoms in total. The van der Waals surface area contributed by atoms with E-state index in [0.29, 0.717) is 43.8 Å². The minimum Gasteiger partial charge on any atom is -0.468 e. The first-order valence-electron chi connectivity index (χ1n) is 9.77. The highest BCUT2D eigenvalue weighted by atomic mass is 19.4. The largest absolute Gasteiger partial charge is 0.468 e. The van der Waals surface area contributed by atoms with E-state index in [2.05, 4.69) is 20.4 Å². The maximum Gasteiger partial charge on any atom is 0.422 e. The van der Waals surface area contributed by atoms with Gasteiger partial charge in [-0.15, -0.1) is 0 Å². The Hall–Kier alpha value is -3.24. The molecule has 0 unspecified atom stereocenters. The predicted octanol–water partition coefficient (Wildman–Crippen LogP) is 2.85. The number of ether oxygens (including phenoxy) is 1. The van der Waals surface area contributed by atoms with Gasteiger partial charge in [0.05, 0.1) is 12.8 Å². The van der Waals surface area contributed by atoms with E-state index < -0.39 is 12.8 Å². The monoisotopic (exact) mass is 440 g/mol. The molecule has 0 aromatic carbocycles. The Labute approximate surface area is 176 Å². The van der Waals surface area contributed by atoms with Gasteiger partial charge in [-0.2, -0.15) is 13.2 Å². The van der Waals surface area contributed by atoms with Gasteiger partial charge in [-0.05, 0) is 36.6 Å². The van der Waals surface area contributed by atoms with Crippen molar-refractivity contribution in [2.75, 3.05) is 19.7 Å². The lowest BCUT2D eigenvalue weighted by Crippen LogP contribution is -2.46. The number of urea groups is 1. The first kappa shape index (κ1) is 22.4. The molecule has 3 amide bonds. The van der Waals surface area contributed by atoms with Crippen LogP contribution in [-0.4, -0.2) is 47.7 Å². The van der Waals surface area contributed by atoms with Gasteiger partial charge in [-0.25, -0.2) is 9.78 Å². The summed E-state index contributed by atoms with van der Waals surface area (Å²) in [6.45, 7) is -0.123. The van der Waals surface area contributed by atoms with Gasteiger partial charge in [0, 0.05) is 37.8 Å². The molecule has 2 aromatic rings. The fourth-order valence-corrected chi connectivity index (χ4v) is 3.16. The van der Waals surface area contributed by atoms with Crippen LogP contribution in [0.4, 0.5) is 18.0 Å². The van der Waals surface area contributed by atoms with Crippen molar-refractivity contribution < 1.29 is 31.9 Å². The van der Waals surface area contributed by atoms with Crippen molar-refractivity contribution in [1.29, 1.82) is 0 Å². The number of carbonyl (C=O) groups is 2. The Morgan fingerprint density at radius 3 is 2.65 bits per heavy atom. The van der Waals surface area contributed by atoms with E-state index in [4.69, 9.17) is 4.42 Å². The van der Waals surface area contributed by atoms with Crippen LogP contribution in [-0.2, 0) is 17.9 Å². The lowest BCUT2D eigenvalue weighted by Gasteiger charge is -2.31. The second-order valence-electron chi connectivity index (χ2n) is 7.12. The van der Waals surface area contributed by atoms with E-state index >= 15 is 0 Å².